The number of anilines is 1. The van der Waals surface area contributed by atoms with Crippen LogP contribution in [0.5, 0.6) is 0 Å². The third-order valence-electron chi connectivity index (χ3n) is 2.84. The monoisotopic (exact) mass is 257 g/mol. The Labute approximate surface area is 103 Å². The average Bonchev–Trinajstić information content (AvgIpc) is 2.38. The first-order valence-electron chi connectivity index (χ1n) is 5.55. The van der Waals surface area contributed by atoms with E-state index in [0.717, 1.165) is 0 Å². The van der Waals surface area contributed by atoms with E-state index in [1.54, 1.807) is 4.90 Å². The van der Waals surface area contributed by atoms with Crippen molar-refractivity contribution in [2.24, 2.45) is 0 Å². The maximum absolute atomic E-state index is 13.0. The van der Waals surface area contributed by atoms with E-state index >= 15 is 0 Å². The Morgan fingerprint density at radius 3 is 2.67 bits per heavy atom. The van der Waals surface area contributed by atoms with Crippen LogP contribution in [-0.2, 0) is 4.74 Å². The number of aromatic nitrogens is 2. The molecule has 1 aromatic rings. The standard InChI is InChI=1S/C11H13F2N3O2/c1-18-10(17)8-6-14-7-9(15-8)16-4-2-11(12,13)3-5-16/h6-7H,2-5H2,1H3. The lowest BCUT2D eigenvalue weighted by Gasteiger charge is -2.32. The average molecular weight is 257 g/mol. The first-order chi connectivity index (χ1) is 8.52. The third-order valence-corrected chi connectivity index (χ3v) is 2.84. The lowest BCUT2D eigenvalue weighted by molar-refractivity contribution is -0.0221. The Bertz CT molecular complexity index is 444. The van der Waals surface area contributed by atoms with Gasteiger partial charge in [-0.05, 0) is 0 Å². The summed E-state index contributed by atoms with van der Waals surface area (Å²) in [5.74, 6) is -2.77. The molecule has 1 aliphatic rings. The summed E-state index contributed by atoms with van der Waals surface area (Å²) in [6, 6.07) is 0. The van der Waals surface area contributed by atoms with Gasteiger partial charge in [-0.3, -0.25) is 4.98 Å². The zero-order valence-corrected chi connectivity index (χ0v) is 9.90. The van der Waals surface area contributed by atoms with Crippen molar-refractivity contribution in [1.29, 1.82) is 0 Å². The second kappa shape index (κ2) is 4.83. The van der Waals surface area contributed by atoms with Crippen LogP contribution < -0.4 is 4.90 Å². The maximum Gasteiger partial charge on any atom is 0.358 e. The second-order valence-electron chi connectivity index (χ2n) is 4.10. The smallest absolute Gasteiger partial charge is 0.358 e. The summed E-state index contributed by atoms with van der Waals surface area (Å²) >= 11 is 0. The summed E-state index contributed by atoms with van der Waals surface area (Å²) in [4.78, 5) is 20.9. The van der Waals surface area contributed by atoms with Crippen LogP contribution in [0.25, 0.3) is 0 Å². The van der Waals surface area contributed by atoms with Crippen molar-refractivity contribution in [2.45, 2.75) is 18.8 Å². The minimum Gasteiger partial charge on any atom is -0.464 e. The lowest BCUT2D eigenvalue weighted by Crippen LogP contribution is -2.40. The SMILES string of the molecule is COC(=O)c1cncc(N2CCC(F)(F)CC2)n1. The van der Waals surface area contributed by atoms with Gasteiger partial charge in [0.2, 0.25) is 0 Å². The van der Waals surface area contributed by atoms with Crippen LogP contribution in [0.1, 0.15) is 23.3 Å². The highest BCUT2D eigenvalue weighted by molar-refractivity contribution is 5.87. The number of carbonyl (C=O) groups is 1. The number of alkyl halides is 2. The summed E-state index contributed by atoms with van der Waals surface area (Å²) < 4.78 is 30.6. The topological polar surface area (TPSA) is 55.3 Å². The van der Waals surface area contributed by atoms with Crippen molar-refractivity contribution in [3.8, 4) is 0 Å². The molecular weight excluding hydrogens is 244 g/mol. The van der Waals surface area contributed by atoms with Crippen LogP contribution in [0.2, 0.25) is 0 Å². The number of nitrogens with zero attached hydrogens (tertiary/aromatic N) is 3. The van der Waals surface area contributed by atoms with Gasteiger partial charge in [-0.2, -0.15) is 0 Å². The Morgan fingerprint density at radius 2 is 2.06 bits per heavy atom. The van der Waals surface area contributed by atoms with E-state index in [0.29, 0.717) is 5.82 Å². The predicted octanol–water partition coefficient (Wildman–Crippen LogP) is 1.50. The summed E-state index contributed by atoms with van der Waals surface area (Å²) in [7, 11) is 1.25. The number of ether oxygens (including phenoxy) is 1. The van der Waals surface area contributed by atoms with Gasteiger partial charge >= 0.3 is 5.97 Å². The van der Waals surface area contributed by atoms with Crippen LogP contribution in [0.3, 0.4) is 0 Å². The number of halogens is 2. The molecule has 0 N–H and O–H groups in total. The molecular formula is C11H13F2N3O2. The van der Waals surface area contributed by atoms with E-state index in [1.807, 2.05) is 0 Å². The molecule has 0 aliphatic carbocycles. The van der Waals surface area contributed by atoms with Crippen molar-refractivity contribution < 1.29 is 18.3 Å². The van der Waals surface area contributed by atoms with Gasteiger partial charge in [0.05, 0.1) is 19.5 Å². The molecule has 1 aliphatic heterocycles. The van der Waals surface area contributed by atoms with E-state index in [4.69, 9.17) is 0 Å². The number of carbonyl (C=O) groups excluding carboxylic acids is 1. The van der Waals surface area contributed by atoms with E-state index in [2.05, 4.69) is 14.7 Å². The van der Waals surface area contributed by atoms with Crippen LogP contribution in [0.4, 0.5) is 14.6 Å². The number of hydrogen-bond acceptors (Lipinski definition) is 5. The Kier molecular flexibility index (Phi) is 3.40. The summed E-state index contributed by atoms with van der Waals surface area (Å²) in [6.07, 6.45) is 2.32. The van der Waals surface area contributed by atoms with Gasteiger partial charge in [0.15, 0.2) is 5.69 Å². The molecule has 0 aromatic carbocycles. The molecule has 0 radical (unpaired) electrons. The van der Waals surface area contributed by atoms with Gasteiger partial charge in [-0.25, -0.2) is 18.6 Å². The van der Waals surface area contributed by atoms with Gasteiger partial charge in [0, 0.05) is 25.9 Å². The molecule has 98 valence electrons. The molecule has 0 unspecified atom stereocenters. The molecule has 0 amide bonds. The molecule has 2 heterocycles. The summed E-state index contributed by atoms with van der Waals surface area (Å²) in [6.45, 7) is 0.401. The summed E-state index contributed by atoms with van der Waals surface area (Å²) in [5.41, 5.74) is 0.0762. The van der Waals surface area contributed by atoms with Gasteiger partial charge in [0.1, 0.15) is 5.82 Å². The highest BCUT2D eigenvalue weighted by Crippen LogP contribution is 2.29. The van der Waals surface area contributed by atoms with Crippen molar-refractivity contribution in [1.82, 2.24) is 9.97 Å². The minimum atomic E-state index is -2.61. The molecule has 0 saturated carbocycles. The van der Waals surface area contributed by atoms with Crippen molar-refractivity contribution in [3.63, 3.8) is 0 Å². The fraction of sp³-hybridized carbons (Fsp3) is 0.545. The number of hydrogen-bond donors (Lipinski definition) is 0. The van der Waals surface area contributed by atoms with Gasteiger partial charge in [0.25, 0.3) is 5.92 Å². The van der Waals surface area contributed by atoms with Crippen LogP contribution in [-0.4, -0.2) is 42.1 Å². The molecule has 0 bridgehead atoms. The third kappa shape index (κ3) is 2.72. The summed E-state index contributed by atoms with van der Waals surface area (Å²) in [5, 5.41) is 0. The molecule has 1 fully saturated rings. The molecule has 18 heavy (non-hydrogen) atoms. The molecule has 5 nitrogen and oxygen atoms in total. The Balaban J connectivity index is 2.12. The van der Waals surface area contributed by atoms with Gasteiger partial charge in [-0.1, -0.05) is 0 Å². The fourth-order valence-corrected chi connectivity index (χ4v) is 1.77. The Morgan fingerprint density at radius 1 is 1.39 bits per heavy atom. The zero-order valence-electron chi connectivity index (χ0n) is 9.90. The van der Waals surface area contributed by atoms with Crippen LogP contribution in [0.15, 0.2) is 12.4 Å². The molecule has 2 rings (SSSR count). The van der Waals surface area contributed by atoms with Crippen molar-refractivity contribution >= 4 is 11.8 Å². The number of piperidine rings is 1. The molecule has 7 heteroatoms. The van der Waals surface area contributed by atoms with Crippen LogP contribution >= 0.6 is 0 Å². The van der Waals surface area contributed by atoms with E-state index in [9.17, 15) is 13.6 Å². The van der Waals surface area contributed by atoms with Crippen molar-refractivity contribution in [3.05, 3.63) is 18.1 Å². The van der Waals surface area contributed by atoms with E-state index in [1.165, 1.54) is 19.5 Å². The molecule has 0 spiro atoms. The lowest BCUT2D eigenvalue weighted by atomic mass is 10.1. The second-order valence-corrected chi connectivity index (χ2v) is 4.10. The first-order valence-corrected chi connectivity index (χ1v) is 5.55. The largest absolute Gasteiger partial charge is 0.464 e. The maximum atomic E-state index is 13.0. The van der Waals surface area contributed by atoms with Crippen molar-refractivity contribution in [2.75, 3.05) is 25.1 Å². The Hall–Kier alpha value is -1.79. The molecule has 0 atom stereocenters. The molecule has 1 saturated heterocycles. The highest BCUT2D eigenvalue weighted by atomic mass is 19.3. The predicted molar refractivity (Wildman–Crippen MR) is 59.8 cm³/mol. The highest BCUT2D eigenvalue weighted by Gasteiger charge is 2.34. The number of rotatable bonds is 2. The zero-order chi connectivity index (χ0) is 13.2. The number of methoxy groups -OCH3 is 1. The normalized spacial score (nSPS) is 18.5. The molecule has 1 aromatic heterocycles. The van der Waals surface area contributed by atoms with Crippen LogP contribution in [0, 0.1) is 0 Å². The minimum absolute atomic E-state index is 0.0762. The first kappa shape index (κ1) is 12.7. The number of esters is 1. The van der Waals surface area contributed by atoms with E-state index < -0.39 is 11.9 Å². The van der Waals surface area contributed by atoms with E-state index in [-0.39, 0.29) is 31.6 Å². The van der Waals surface area contributed by atoms with Gasteiger partial charge in [-0.15, -0.1) is 0 Å². The fourth-order valence-electron chi connectivity index (χ4n) is 1.77. The quantitative estimate of drug-likeness (QED) is 0.751. The van der Waals surface area contributed by atoms with Gasteiger partial charge < -0.3 is 9.64 Å².